The Hall–Kier alpha value is -1.06. The summed E-state index contributed by atoms with van der Waals surface area (Å²) in [4.78, 5) is 2.55. The lowest BCUT2D eigenvalue weighted by Crippen LogP contribution is -2.43. The van der Waals surface area contributed by atoms with Gasteiger partial charge in [0.05, 0.1) is 0 Å². The molecule has 2 aliphatic rings. The minimum atomic E-state index is 0.431. The smallest absolute Gasteiger partial charge is 0.0430 e. The lowest BCUT2D eigenvalue weighted by molar-refractivity contribution is 0.580. The number of anilines is 1. The summed E-state index contributed by atoms with van der Waals surface area (Å²) in [5.41, 5.74) is 2.74. The SMILES string of the molecule is CNC(C)c1ccc(N2CC3CC2CN3)cc1. The Labute approximate surface area is 103 Å². The van der Waals surface area contributed by atoms with Crippen molar-refractivity contribution in [2.45, 2.75) is 31.5 Å². The van der Waals surface area contributed by atoms with Gasteiger partial charge in [-0.15, -0.1) is 0 Å². The van der Waals surface area contributed by atoms with Gasteiger partial charge in [-0.1, -0.05) is 12.1 Å². The second kappa shape index (κ2) is 4.31. The number of benzene rings is 1. The monoisotopic (exact) mass is 231 g/mol. The molecule has 3 nitrogen and oxygen atoms in total. The van der Waals surface area contributed by atoms with Gasteiger partial charge in [0.2, 0.25) is 0 Å². The van der Waals surface area contributed by atoms with Gasteiger partial charge in [-0.05, 0) is 38.1 Å². The van der Waals surface area contributed by atoms with Gasteiger partial charge in [-0.25, -0.2) is 0 Å². The molecule has 2 bridgehead atoms. The summed E-state index contributed by atoms with van der Waals surface area (Å²) in [5, 5.41) is 6.82. The van der Waals surface area contributed by atoms with Crippen molar-refractivity contribution >= 4 is 5.69 Å². The van der Waals surface area contributed by atoms with Crippen LogP contribution in [0.3, 0.4) is 0 Å². The van der Waals surface area contributed by atoms with E-state index in [0.717, 1.165) is 12.6 Å². The Morgan fingerprint density at radius 2 is 2.12 bits per heavy atom. The normalized spacial score (nSPS) is 28.7. The van der Waals surface area contributed by atoms with Crippen molar-refractivity contribution in [3.8, 4) is 0 Å². The number of nitrogens with one attached hydrogen (secondary N) is 2. The fraction of sp³-hybridized carbons (Fsp3) is 0.571. The molecule has 2 heterocycles. The highest BCUT2D eigenvalue weighted by Gasteiger charge is 2.37. The van der Waals surface area contributed by atoms with E-state index >= 15 is 0 Å². The Morgan fingerprint density at radius 1 is 1.35 bits per heavy atom. The predicted octanol–water partition coefficient (Wildman–Crippen LogP) is 1.52. The number of piperazine rings is 1. The predicted molar refractivity (Wildman–Crippen MR) is 71.5 cm³/mol. The summed E-state index contributed by atoms with van der Waals surface area (Å²) in [7, 11) is 2.00. The summed E-state index contributed by atoms with van der Waals surface area (Å²) in [6.07, 6.45) is 1.31. The zero-order valence-electron chi connectivity index (χ0n) is 10.6. The zero-order chi connectivity index (χ0) is 11.8. The molecule has 1 aromatic rings. The van der Waals surface area contributed by atoms with Crippen molar-refractivity contribution < 1.29 is 0 Å². The molecule has 3 heteroatoms. The summed E-state index contributed by atoms with van der Waals surface area (Å²) in [6, 6.07) is 10.9. The molecule has 2 N–H and O–H groups in total. The molecule has 3 atom stereocenters. The van der Waals surface area contributed by atoms with E-state index in [1.807, 2.05) is 7.05 Å². The van der Waals surface area contributed by atoms with Crippen LogP contribution in [0.2, 0.25) is 0 Å². The lowest BCUT2D eigenvalue weighted by Gasteiger charge is -2.29. The summed E-state index contributed by atoms with van der Waals surface area (Å²) >= 11 is 0. The molecular formula is C14H21N3. The van der Waals surface area contributed by atoms with Crippen LogP contribution < -0.4 is 15.5 Å². The van der Waals surface area contributed by atoms with Gasteiger partial charge in [-0.3, -0.25) is 0 Å². The third-order valence-corrected chi connectivity index (χ3v) is 4.21. The maximum absolute atomic E-state index is 3.54. The first-order chi connectivity index (χ1) is 8.28. The van der Waals surface area contributed by atoms with E-state index in [1.54, 1.807) is 0 Å². The van der Waals surface area contributed by atoms with Crippen LogP contribution in [0.25, 0.3) is 0 Å². The minimum Gasteiger partial charge on any atom is -0.366 e. The molecule has 0 aromatic heterocycles. The first-order valence-electron chi connectivity index (χ1n) is 6.55. The summed E-state index contributed by atoms with van der Waals surface area (Å²) in [6.45, 7) is 4.52. The van der Waals surface area contributed by atoms with E-state index in [-0.39, 0.29) is 0 Å². The largest absolute Gasteiger partial charge is 0.366 e. The van der Waals surface area contributed by atoms with E-state index < -0.39 is 0 Å². The highest BCUT2D eigenvalue weighted by molar-refractivity contribution is 5.51. The van der Waals surface area contributed by atoms with Crippen LogP contribution in [0, 0.1) is 0 Å². The van der Waals surface area contributed by atoms with Crippen molar-refractivity contribution in [2.24, 2.45) is 0 Å². The molecule has 0 radical (unpaired) electrons. The highest BCUT2D eigenvalue weighted by atomic mass is 15.3. The van der Waals surface area contributed by atoms with Gasteiger partial charge in [-0.2, -0.15) is 0 Å². The molecule has 2 fully saturated rings. The van der Waals surface area contributed by atoms with Crippen molar-refractivity contribution in [3.63, 3.8) is 0 Å². The second-order valence-electron chi connectivity index (χ2n) is 5.25. The van der Waals surface area contributed by atoms with Crippen molar-refractivity contribution in [3.05, 3.63) is 29.8 Å². The standard InChI is InChI=1S/C14H21N3/c1-10(15-2)11-3-5-13(6-4-11)17-9-12-7-14(17)8-16-12/h3-6,10,12,14-16H,7-9H2,1-2H3. The quantitative estimate of drug-likeness (QED) is 0.826. The number of rotatable bonds is 3. The van der Waals surface area contributed by atoms with Crippen LogP contribution in [-0.2, 0) is 0 Å². The van der Waals surface area contributed by atoms with Crippen molar-refractivity contribution in [2.75, 3.05) is 25.0 Å². The lowest BCUT2D eigenvalue weighted by atomic mass is 10.1. The average molecular weight is 231 g/mol. The molecule has 0 saturated carbocycles. The molecule has 1 aromatic carbocycles. The Balaban J connectivity index is 1.76. The average Bonchev–Trinajstić information content (AvgIpc) is 3.00. The molecule has 0 aliphatic carbocycles. The number of fused-ring (bicyclic) bond motifs is 2. The van der Waals surface area contributed by atoms with E-state index in [9.17, 15) is 0 Å². The van der Waals surface area contributed by atoms with Crippen molar-refractivity contribution in [1.82, 2.24) is 10.6 Å². The Kier molecular flexibility index (Phi) is 2.81. The van der Waals surface area contributed by atoms with Crippen LogP contribution in [0.5, 0.6) is 0 Å². The van der Waals surface area contributed by atoms with E-state index in [2.05, 4.69) is 46.7 Å². The maximum Gasteiger partial charge on any atom is 0.0430 e. The Morgan fingerprint density at radius 3 is 2.65 bits per heavy atom. The van der Waals surface area contributed by atoms with Crippen LogP contribution in [0.4, 0.5) is 5.69 Å². The fourth-order valence-electron chi connectivity index (χ4n) is 3.00. The fourth-order valence-corrected chi connectivity index (χ4v) is 3.00. The number of hydrogen-bond donors (Lipinski definition) is 2. The first-order valence-corrected chi connectivity index (χ1v) is 6.55. The van der Waals surface area contributed by atoms with Crippen LogP contribution in [-0.4, -0.2) is 32.2 Å². The third kappa shape index (κ3) is 1.94. The van der Waals surface area contributed by atoms with Crippen molar-refractivity contribution in [1.29, 1.82) is 0 Å². The topological polar surface area (TPSA) is 27.3 Å². The van der Waals surface area contributed by atoms with E-state index in [0.29, 0.717) is 12.1 Å². The van der Waals surface area contributed by atoms with Crippen LogP contribution >= 0.6 is 0 Å². The molecular weight excluding hydrogens is 210 g/mol. The van der Waals surface area contributed by atoms with Gasteiger partial charge in [0.1, 0.15) is 0 Å². The van der Waals surface area contributed by atoms with E-state index in [1.165, 1.54) is 24.2 Å². The summed E-state index contributed by atoms with van der Waals surface area (Å²) < 4.78 is 0. The zero-order valence-corrected chi connectivity index (χ0v) is 10.6. The maximum atomic E-state index is 3.54. The van der Waals surface area contributed by atoms with E-state index in [4.69, 9.17) is 0 Å². The third-order valence-electron chi connectivity index (χ3n) is 4.21. The summed E-state index contributed by atoms with van der Waals surface area (Å²) in [5.74, 6) is 0. The first kappa shape index (κ1) is 11.1. The molecule has 17 heavy (non-hydrogen) atoms. The second-order valence-corrected chi connectivity index (χ2v) is 5.25. The molecule has 0 spiro atoms. The number of nitrogens with zero attached hydrogens (tertiary/aromatic N) is 1. The molecule has 3 unspecified atom stereocenters. The number of hydrogen-bond acceptors (Lipinski definition) is 3. The van der Waals surface area contributed by atoms with Gasteiger partial charge in [0.15, 0.2) is 0 Å². The molecule has 0 amide bonds. The van der Waals surface area contributed by atoms with Gasteiger partial charge in [0.25, 0.3) is 0 Å². The van der Waals surface area contributed by atoms with Crippen LogP contribution in [0.15, 0.2) is 24.3 Å². The highest BCUT2D eigenvalue weighted by Crippen LogP contribution is 2.29. The van der Waals surface area contributed by atoms with Crippen LogP contribution in [0.1, 0.15) is 24.9 Å². The van der Waals surface area contributed by atoms with Gasteiger partial charge in [0, 0.05) is 36.9 Å². The minimum absolute atomic E-state index is 0.431. The van der Waals surface area contributed by atoms with Gasteiger partial charge >= 0.3 is 0 Å². The molecule has 2 aliphatic heterocycles. The Bertz CT molecular complexity index is 387. The molecule has 3 rings (SSSR count). The molecule has 2 saturated heterocycles. The molecule has 92 valence electrons. The van der Waals surface area contributed by atoms with Gasteiger partial charge < -0.3 is 15.5 Å².